The van der Waals surface area contributed by atoms with Crippen LogP contribution in [0.4, 0.5) is 0 Å². The lowest BCUT2D eigenvalue weighted by Crippen LogP contribution is -2.25. The molecule has 0 saturated heterocycles. The molecule has 164 valence electrons. The first-order chi connectivity index (χ1) is 13.6. The van der Waals surface area contributed by atoms with Gasteiger partial charge >= 0.3 is 0 Å². The number of hydrogen-bond donors (Lipinski definition) is 2. The molecule has 6 nitrogen and oxygen atoms in total. The summed E-state index contributed by atoms with van der Waals surface area (Å²) >= 11 is 0. The van der Waals surface area contributed by atoms with E-state index in [0.717, 1.165) is 25.3 Å². The monoisotopic (exact) mass is 434 g/mol. The molecule has 0 aliphatic carbocycles. The van der Waals surface area contributed by atoms with Crippen LogP contribution in [0, 0.1) is 17.8 Å². The second kappa shape index (κ2) is 21.3. The molecule has 1 atom stereocenters. The van der Waals surface area contributed by atoms with Crippen LogP contribution in [0.25, 0.3) is 0 Å². The number of hydrogen-bond acceptors (Lipinski definition) is 7. The van der Waals surface area contributed by atoms with E-state index in [0.29, 0.717) is 51.9 Å². The van der Waals surface area contributed by atoms with E-state index in [9.17, 15) is 4.79 Å². The largest absolute Gasteiger partial charge is 0.379 e. The molecule has 8 heteroatoms. The molecule has 28 heavy (non-hydrogen) atoms. The smallest absolute Gasteiger partial charge is 0.223 e. The fourth-order valence-electron chi connectivity index (χ4n) is 1.87. The fraction of sp³-hybridized carbons (Fsp3) is 0.850. The van der Waals surface area contributed by atoms with Crippen molar-refractivity contribution in [1.29, 1.82) is 0 Å². The number of ether oxygens (including phenoxy) is 3. The first-order valence-corrected chi connectivity index (χ1v) is 12.5. The van der Waals surface area contributed by atoms with Crippen molar-refractivity contribution in [3.05, 3.63) is 0 Å². The third kappa shape index (κ3) is 18.9. The van der Waals surface area contributed by atoms with Crippen molar-refractivity contribution in [2.45, 2.75) is 46.0 Å². The summed E-state index contributed by atoms with van der Waals surface area (Å²) in [4.78, 5) is 11.5. The summed E-state index contributed by atoms with van der Waals surface area (Å²) in [6.07, 6.45) is 1.15. The van der Waals surface area contributed by atoms with Crippen LogP contribution in [0.5, 0.6) is 0 Å². The van der Waals surface area contributed by atoms with Gasteiger partial charge in [0.15, 0.2) is 0 Å². The van der Waals surface area contributed by atoms with Crippen molar-refractivity contribution in [2.75, 3.05) is 58.4 Å². The summed E-state index contributed by atoms with van der Waals surface area (Å²) in [6, 6.07) is 0. The third-order valence-electron chi connectivity index (χ3n) is 3.35. The highest BCUT2D eigenvalue weighted by Gasteiger charge is 2.14. The summed E-state index contributed by atoms with van der Waals surface area (Å²) < 4.78 is 16.8. The average molecular weight is 435 g/mol. The van der Waals surface area contributed by atoms with E-state index in [2.05, 4.69) is 43.2 Å². The molecule has 2 N–H and O–H groups in total. The molecule has 1 amide bonds. The lowest BCUT2D eigenvalue weighted by Gasteiger charge is -2.20. The fourth-order valence-corrected chi connectivity index (χ4v) is 4.47. The molecular weight excluding hydrogens is 396 g/mol. The van der Waals surface area contributed by atoms with E-state index in [1.165, 1.54) is 0 Å². The third-order valence-corrected chi connectivity index (χ3v) is 6.20. The van der Waals surface area contributed by atoms with E-state index in [1.807, 2.05) is 17.7 Å². The van der Waals surface area contributed by atoms with Gasteiger partial charge in [-0.15, -0.1) is 5.92 Å². The van der Waals surface area contributed by atoms with Crippen molar-refractivity contribution in [1.82, 2.24) is 10.6 Å². The molecule has 0 bridgehead atoms. The Hall–Kier alpha value is -0.430. The van der Waals surface area contributed by atoms with Crippen molar-refractivity contribution < 1.29 is 19.0 Å². The zero-order chi connectivity index (χ0) is 20.9. The highest BCUT2D eigenvalue weighted by molar-refractivity contribution is 8.76. The molecular formula is C20H38N2O4S2. The maximum atomic E-state index is 11.5. The summed E-state index contributed by atoms with van der Waals surface area (Å²) in [6.45, 7) is 13.4. The lowest BCUT2D eigenvalue weighted by atomic mass is 10.2. The van der Waals surface area contributed by atoms with Crippen LogP contribution in [-0.2, 0) is 19.0 Å². The van der Waals surface area contributed by atoms with Crippen LogP contribution in [0.15, 0.2) is 0 Å². The van der Waals surface area contributed by atoms with Gasteiger partial charge in [0.25, 0.3) is 0 Å². The zero-order valence-electron chi connectivity index (χ0n) is 17.9. The van der Waals surface area contributed by atoms with Gasteiger partial charge in [-0.3, -0.25) is 4.79 Å². The van der Waals surface area contributed by atoms with E-state index in [1.54, 1.807) is 10.8 Å². The molecule has 0 aliphatic heterocycles. The normalized spacial score (nSPS) is 11.9. The maximum absolute atomic E-state index is 11.5. The van der Waals surface area contributed by atoms with Gasteiger partial charge in [0.1, 0.15) is 5.44 Å². The Morgan fingerprint density at radius 2 is 1.75 bits per heavy atom. The summed E-state index contributed by atoms with van der Waals surface area (Å²) in [5.74, 6) is 7.27. The highest BCUT2D eigenvalue weighted by atomic mass is 33.1. The van der Waals surface area contributed by atoms with Gasteiger partial charge in [-0.1, -0.05) is 55.2 Å². The van der Waals surface area contributed by atoms with E-state index in [-0.39, 0.29) is 11.3 Å². The number of carbonyl (C=O) groups is 1. The lowest BCUT2D eigenvalue weighted by molar-refractivity contribution is -0.122. The Labute approximate surface area is 179 Å². The molecule has 0 aliphatic rings. The van der Waals surface area contributed by atoms with Gasteiger partial charge in [0, 0.05) is 25.1 Å². The first-order valence-electron chi connectivity index (χ1n) is 10.1. The maximum Gasteiger partial charge on any atom is 0.223 e. The first kappa shape index (κ1) is 27.6. The molecule has 0 fully saturated rings. The molecule has 0 spiro atoms. The van der Waals surface area contributed by atoms with Crippen molar-refractivity contribution in [3.63, 3.8) is 0 Å². The van der Waals surface area contributed by atoms with Gasteiger partial charge in [-0.05, 0) is 12.5 Å². The Balaban J connectivity index is 3.51. The Morgan fingerprint density at radius 3 is 2.43 bits per heavy atom. The van der Waals surface area contributed by atoms with Gasteiger partial charge in [0.2, 0.25) is 5.91 Å². The predicted molar refractivity (Wildman–Crippen MR) is 121 cm³/mol. The minimum atomic E-state index is -0.0414. The second-order valence-corrected chi connectivity index (χ2v) is 8.80. The van der Waals surface area contributed by atoms with Gasteiger partial charge in [-0.25, -0.2) is 0 Å². The Bertz CT molecular complexity index is 428. The van der Waals surface area contributed by atoms with Crippen LogP contribution in [-0.4, -0.2) is 69.8 Å². The van der Waals surface area contributed by atoms with Crippen LogP contribution >= 0.6 is 21.6 Å². The van der Waals surface area contributed by atoms with Crippen molar-refractivity contribution in [2.24, 2.45) is 5.92 Å². The SMILES string of the molecule is CCC#CCNC(=O)CCOCCOCCOC(SSCCNCC)C(C)C. The van der Waals surface area contributed by atoms with Gasteiger partial charge in [-0.2, -0.15) is 0 Å². The predicted octanol–water partition coefficient (Wildman–Crippen LogP) is 2.93. The van der Waals surface area contributed by atoms with Gasteiger partial charge in [0.05, 0.1) is 39.6 Å². The second-order valence-electron chi connectivity index (χ2n) is 6.21. The topological polar surface area (TPSA) is 68.8 Å². The Kier molecular flexibility index (Phi) is 21.0. The van der Waals surface area contributed by atoms with Crippen LogP contribution < -0.4 is 10.6 Å². The van der Waals surface area contributed by atoms with Gasteiger partial charge < -0.3 is 24.8 Å². The van der Waals surface area contributed by atoms with E-state index in [4.69, 9.17) is 14.2 Å². The molecule has 0 radical (unpaired) electrons. The molecule has 1 unspecified atom stereocenters. The number of rotatable bonds is 18. The van der Waals surface area contributed by atoms with E-state index >= 15 is 0 Å². The quantitative estimate of drug-likeness (QED) is 0.149. The number of nitrogens with one attached hydrogen (secondary N) is 2. The zero-order valence-corrected chi connectivity index (χ0v) is 19.5. The minimum absolute atomic E-state index is 0.0414. The van der Waals surface area contributed by atoms with Crippen LogP contribution in [0.2, 0.25) is 0 Å². The van der Waals surface area contributed by atoms with Crippen molar-refractivity contribution in [3.8, 4) is 11.8 Å². The Morgan fingerprint density at radius 1 is 1.04 bits per heavy atom. The van der Waals surface area contributed by atoms with Crippen molar-refractivity contribution >= 4 is 27.5 Å². The molecule has 0 aromatic rings. The highest BCUT2D eigenvalue weighted by Crippen LogP contribution is 2.31. The molecule has 0 aromatic carbocycles. The minimum Gasteiger partial charge on any atom is -0.379 e. The summed E-state index contributed by atoms with van der Waals surface area (Å²) in [5.41, 5.74) is 0.173. The van der Waals surface area contributed by atoms with Crippen LogP contribution in [0.3, 0.4) is 0 Å². The molecule has 0 aromatic heterocycles. The van der Waals surface area contributed by atoms with Crippen LogP contribution in [0.1, 0.15) is 40.5 Å². The molecule has 0 saturated carbocycles. The summed E-state index contributed by atoms with van der Waals surface area (Å²) in [5, 5.41) is 6.05. The summed E-state index contributed by atoms with van der Waals surface area (Å²) in [7, 11) is 3.64. The standard InChI is InChI=1S/C20H38N2O4S2/c1-5-7-8-10-22-19(23)9-12-24-13-14-25-15-16-26-20(18(3)4)28-27-17-11-21-6-2/h18,20-21H,5-6,9-17H2,1-4H3,(H,22,23). The molecule has 0 heterocycles. The molecule has 0 rings (SSSR count). The van der Waals surface area contributed by atoms with E-state index < -0.39 is 0 Å². The number of amides is 1. The number of carbonyl (C=O) groups excluding carboxylic acids is 1. The average Bonchev–Trinajstić information content (AvgIpc) is 2.67.